The maximum Gasteiger partial charge on any atom is 0.303 e. The summed E-state index contributed by atoms with van der Waals surface area (Å²) in [5.74, 6) is -1.06. The van der Waals surface area contributed by atoms with E-state index in [0.717, 1.165) is 16.8 Å². The maximum absolute atomic E-state index is 12.0. The zero-order valence-electron chi connectivity index (χ0n) is 11.7. The number of carboxylic acid groups (broad SMARTS) is 1. The fourth-order valence-corrected chi connectivity index (χ4v) is 2.36. The maximum atomic E-state index is 12.0. The Labute approximate surface area is 117 Å². The smallest absolute Gasteiger partial charge is 0.303 e. The number of aliphatic carboxylic acids is 1. The molecule has 2 N–H and O–H groups in total. The van der Waals surface area contributed by atoms with Gasteiger partial charge in [0.05, 0.1) is 19.6 Å². The molecule has 1 heterocycles. The van der Waals surface area contributed by atoms with Gasteiger partial charge in [0.25, 0.3) is 0 Å². The van der Waals surface area contributed by atoms with Crippen molar-refractivity contribution in [2.24, 2.45) is 5.41 Å². The molecule has 5 heteroatoms. The van der Waals surface area contributed by atoms with Crippen LogP contribution >= 0.6 is 0 Å². The summed E-state index contributed by atoms with van der Waals surface area (Å²) in [7, 11) is 0. The third-order valence-corrected chi connectivity index (χ3v) is 3.27. The van der Waals surface area contributed by atoms with Gasteiger partial charge in [-0.05, 0) is 28.7 Å². The van der Waals surface area contributed by atoms with Gasteiger partial charge in [0.15, 0.2) is 0 Å². The number of carbonyl (C=O) groups excluding carboxylic acids is 1. The lowest BCUT2D eigenvalue weighted by Crippen LogP contribution is -2.24. The van der Waals surface area contributed by atoms with Gasteiger partial charge in [-0.3, -0.25) is 9.59 Å². The van der Waals surface area contributed by atoms with Crippen molar-refractivity contribution in [2.45, 2.75) is 39.9 Å². The van der Waals surface area contributed by atoms with E-state index < -0.39 is 11.4 Å². The summed E-state index contributed by atoms with van der Waals surface area (Å²) in [6.45, 7) is 4.74. The van der Waals surface area contributed by atoms with Crippen LogP contribution in [0.25, 0.3) is 0 Å². The summed E-state index contributed by atoms with van der Waals surface area (Å²) in [5, 5.41) is 11.6. The highest BCUT2D eigenvalue weighted by Crippen LogP contribution is 2.27. The predicted molar refractivity (Wildman–Crippen MR) is 74.2 cm³/mol. The molecule has 0 bridgehead atoms. The highest BCUT2D eigenvalue weighted by Gasteiger charge is 2.25. The van der Waals surface area contributed by atoms with Crippen molar-refractivity contribution in [1.82, 2.24) is 0 Å². The Balaban J connectivity index is 1.96. The summed E-state index contributed by atoms with van der Waals surface area (Å²) < 4.78 is 5.32. The molecule has 1 aliphatic heterocycles. The van der Waals surface area contributed by atoms with Crippen LogP contribution < -0.4 is 5.32 Å². The molecule has 1 aromatic rings. The van der Waals surface area contributed by atoms with Crippen molar-refractivity contribution in [3.63, 3.8) is 0 Å². The molecule has 5 nitrogen and oxygen atoms in total. The van der Waals surface area contributed by atoms with Gasteiger partial charge in [0.1, 0.15) is 0 Å². The van der Waals surface area contributed by atoms with E-state index >= 15 is 0 Å². The van der Waals surface area contributed by atoms with Gasteiger partial charge >= 0.3 is 5.97 Å². The molecule has 2 rings (SSSR count). The van der Waals surface area contributed by atoms with Gasteiger partial charge in [-0.25, -0.2) is 0 Å². The lowest BCUT2D eigenvalue weighted by atomic mass is 9.85. The Bertz CT molecular complexity index is 537. The highest BCUT2D eigenvalue weighted by molar-refractivity contribution is 5.91. The van der Waals surface area contributed by atoms with Crippen molar-refractivity contribution in [3.05, 3.63) is 29.3 Å². The topological polar surface area (TPSA) is 75.6 Å². The first-order chi connectivity index (χ1) is 9.35. The first kappa shape index (κ1) is 14.5. The largest absolute Gasteiger partial charge is 0.481 e. The fraction of sp³-hybridized carbons (Fsp3) is 0.467. The van der Waals surface area contributed by atoms with E-state index in [0.29, 0.717) is 13.2 Å². The van der Waals surface area contributed by atoms with Crippen molar-refractivity contribution in [2.75, 3.05) is 5.32 Å². The SMILES string of the molecule is CC(C)(CC(=O)O)CC(=O)Nc1ccc2c(c1)COC2. The fourth-order valence-electron chi connectivity index (χ4n) is 2.36. The van der Waals surface area contributed by atoms with E-state index in [-0.39, 0.29) is 18.7 Å². The van der Waals surface area contributed by atoms with Gasteiger partial charge < -0.3 is 15.2 Å². The predicted octanol–water partition coefficient (Wildman–Crippen LogP) is 2.55. The molecule has 0 aromatic heterocycles. The molecule has 1 aliphatic rings. The minimum Gasteiger partial charge on any atom is -0.481 e. The van der Waals surface area contributed by atoms with E-state index in [1.54, 1.807) is 13.8 Å². The van der Waals surface area contributed by atoms with E-state index in [2.05, 4.69) is 5.32 Å². The third-order valence-electron chi connectivity index (χ3n) is 3.27. The number of ether oxygens (including phenoxy) is 1. The number of rotatable bonds is 5. The number of anilines is 1. The van der Waals surface area contributed by atoms with Crippen molar-refractivity contribution in [1.29, 1.82) is 0 Å². The van der Waals surface area contributed by atoms with Crippen LogP contribution in [0.1, 0.15) is 37.8 Å². The number of nitrogens with one attached hydrogen (secondary N) is 1. The van der Waals surface area contributed by atoms with Gasteiger partial charge in [-0.2, -0.15) is 0 Å². The standard InChI is InChI=1S/C15H19NO4/c1-15(2,7-14(18)19)6-13(17)16-12-4-3-10-8-20-9-11(10)5-12/h3-5H,6-9H2,1-2H3,(H,16,17)(H,18,19). The van der Waals surface area contributed by atoms with Gasteiger partial charge in [-0.1, -0.05) is 19.9 Å². The van der Waals surface area contributed by atoms with Crippen molar-refractivity contribution < 1.29 is 19.4 Å². The number of fused-ring (bicyclic) bond motifs is 1. The summed E-state index contributed by atoms with van der Waals surface area (Å²) in [6, 6.07) is 5.69. The molecule has 0 saturated heterocycles. The second kappa shape index (κ2) is 5.63. The molecule has 108 valence electrons. The first-order valence-electron chi connectivity index (χ1n) is 6.57. The van der Waals surface area contributed by atoms with Gasteiger partial charge in [-0.15, -0.1) is 0 Å². The average Bonchev–Trinajstić information content (AvgIpc) is 2.72. The molecular formula is C15H19NO4. The van der Waals surface area contributed by atoms with Crippen LogP contribution in [0.4, 0.5) is 5.69 Å². The monoisotopic (exact) mass is 277 g/mol. The number of benzene rings is 1. The van der Waals surface area contributed by atoms with E-state index in [1.807, 2.05) is 18.2 Å². The number of carbonyl (C=O) groups is 2. The van der Waals surface area contributed by atoms with Gasteiger partial charge in [0, 0.05) is 12.1 Å². The Morgan fingerprint density at radius 1 is 1.25 bits per heavy atom. The zero-order valence-corrected chi connectivity index (χ0v) is 11.7. The first-order valence-corrected chi connectivity index (χ1v) is 6.57. The summed E-state index contributed by atoms with van der Waals surface area (Å²) in [4.78, 5) is 22.7. The number of hydrogen-bond donors (Lipinski definition) is 2. The van der Waals surface area contributed by atoms with E-state index in [4.69, 9.17) is 9.84 Å². The molecule has 0 radical (unpaired) electrons. The van der Waals surface area contributed by atoms with Crippen LogP contribution in [0.2, 0.25) is 0 Å². The zero-order chi connectivity index (χ0) is 14.8. The normalized spacial score (nSPS) is 13.9. The molecule has 0 unspecified atom stereocenters. The van der Waals surface area contributed by atoms with Crippen molar-refractivity contribution >= 4 is 17.6 Å². The Hall–Kier alpha value is -1.88. The molecule has 1 aromatic carbocycles. The van der Waals surface area contributed by atoms with Crippen LogP contribution in [0.15, 0.2) is 18.2 Å². The quantitative estimate of drug-likeness (QED) is 0.867. The lowest BCUT2D eigenvalue weighted by molar-refractivity contribution is -0.139. The molecule has 0 saturated carbocycles. The Morgan fingerprint density at radius 3 is 2.65 bits per heavy atom. The second-order valence-electron chi connectivity index (χ2n) is 5.94. The minimum absolute atomic E-state index is 0.0293. The molecule has 0 aliphatic carbocycles. The van der Waals surface area contributed by atoms with E-state index in [1.165, 1.54) is 0 Å². The molecule has 0 spiro atoms. The van der Waals surface area contributed by atoms with E-state index in [9.17, 15) is 9.59 Å². The number of carboxylic acids is 1. The minimum atomic E-state index is -0.891. The average molecular weight is 277 g/mol. The number of amides is 1. The van der Waals surface area contributed by atoms with Crippen molar-refractivity contribution in [3.8, 4) is 0 Å². The molecule has 0 fully saturated rings. The summed E-state index contributed by atoms with van der Waals surface area (Å²) >= 11 is 0. The van der Waals surface area contributed by atoms with Crippen LogP contribution in [0.3, 0.4) is 0 Å². The second-order valence-corrected chi connectivity index (χ2v) is 5.94. The lowest BCUT2D eigenvalue weighted by Gasteiger charge is -2.21. The molecule has 1 amide bonds. The highest BCUT2D eigenvalue weighted by atomic mass is 16.5. The van der Waals surface area contributed by atoms with Crippen LogP contribution in [-0.2, 0) is 27.5 Å². The molecule has 20 heavy (non-hydrogen) atoms. The number of hydrogen-bond acceptors (Lipinski definition) is 3. The van der Waals surface area contributed by atoms with Crippen LogP contribution in [0.5, 0.6) is 0 Å². The molecule has 0 atom stereocenters. The van der Waals surface area contributed by atoms with Gasteiger partial charge in [0.2, 0.25) is 5.91 Å². The van der Waals surface area contributed by atoms with Crippen LogP contribution in [-0.4, -0.2) is 17.0 Å². The summed E-state index contributed by atoms with van der Waals surface area (Å²) in [5.41, 5.74) is 2.41. The Morgan fingerprint density at radius 2 is 1.95 bits per heavy atom. The third kappa shape index (κ3) is 3.81. The Kier molecular flexibility index (Phi) is 4.09. The van der Waals surface area contributed by atoms with Crippen LogP contribution in [0, 0.1) is 5.41 Å². The molecular weight excluding hydrogens is 258 g/mol. The summed E-state index contributed by atoms with van der Waals surface area (Å²) in [6.07, 6.45) is 0.144.